The minimum absolute atomic E-state index is 0.172. The maximum atomic E-state index is 13.7. The zero-order valence-corrected chi connectivity index (χ0v) is 12.7. The van der Waals surface area contributed by atoms with E-state index in [0.717, 1.165) is 15.8 Å². The van der Waals surface area contributed by atoms with E-state index in [0.29, 0.717) is 12.0 Å². The first-order valence-electron chi connectivity index (χ1n) is 6.18. The van der Waals surface area contributed by atoms with Gasteiger partial charge in [0.1, 0.15) is 11.6 Å². The van der Waals surface area contributed by atoms with Gasteiger partial charge < -0.3 is 4.74 Å². The molecule has 0 aromatic heterocycles. The Bertz CT molecular complexity index is 592. The van der Waals surface area contributed by atoms with Crippen LogP contribution in [0.4, 0.5) is 4.39 Å². The predicted octanol–water partition coefficient (Wildman–Crippen LogP) is 3.34. The number of nitrogens with one attached hydrogen (secondary N) is 1. The quantitative estimate of drug-likeness (QED) is 0.649. The summed E-state index contributed by atoms with van der Waals surface area (Å²) in [5, 5.41) is 0. The largest absolute Gasteiger partial charge is 0.496 e. The highest BCUT2D eigenvalue weighted by Gasteiger charge is 2.14. The van der Waals surface area contributed by atoms with Gasteiger partial charge in [0.15, 0.2) is 0 Å². The summed E-state index contributed by atoms with van der Waals surface area (Å²) in [7, 11) is 1.61. The van der Waals surface area contributed by atoms with E-state index in [1.165, 1.54) is 6.07 Å². The maximum Gasteiger partial charge on any atom is 0.133 e. The van der Waals surface area contributed by atoms with E-state index in [9.17, 15) is 4.39 Å². The molecule has 0 saturated carbocycles. The lowest BCUT2D eigenvalue weighted by Crippen LogP contribution is -2.29. The number of benzene rings is 2. The van der Waals surface area contributed by atoms with Gasteiger partial charge in [-0.25, -0.2) is 4.39 Å². The molecule has 5 heteroatoms. The van der Waals surface area contributed by atoms with Crippen LogP contribution in [0.1, 0.15) is 17.2 Å². The molecule has 0 aliphatic heterocycles. The lowest BCUT2D eigenvalue weighted by molar-refractivity contribution is 0.411. The van der Waals surface area contributed by atoms with Gasteiger partial charge >= 0.3 is 0 Å². The molecule has 0 spiro atoms. The Morgan fingerprint density at radius 3 is 2.65 bits per heavy atom. The van der Waals surface area contributed by atoms with Crippen LogP contribution < -0.4 is 16.0 Å². The molecule has 0 saturated heterocycles. The fraction of sp³-hybridized carbons (Fsp3) is 0.200. The Morgan fingerprint density at radius 1 is 1.30 bits per heavy atom. The van der Waals surface area contributed by atoms with Crippen LogP contribution in [0, 0.1) is 5.82 Å². The molecule has 0 amide bonds. The molecule has 2 aromatic carbocycles. The third-order valence-electron chi connectivity index (χ3n) is 3.16. The Balaban J connectivity index is 2.24. The molecule has 0 aliphatic carbocycles. The van der Waals surface area contributed by atoms with E-state index < -0.39 is 0 Å². The van der Waals surface area contributed by atoms with E-state index in [2.05, 4.69) is 21.4 Å². The highest BCUT2D eigenvalue weighted by atomic mass is 79.9. The first-order valence-corrected chi connectivity index (χ1v) is 6.98. The van der Waals surface area contributed by atoms with E-state index in [1.54, 1.807) is 19.2 Å². The monoisotopic (exact) mass is 338 g/mol. The van der Waals surface area contributed by atoms with Crippen LogP contribution in [0.2, 0.25) is 0 Å². The summed E-state index contributed by atoms with van der Waals surface area (Å²) in [5.74, 6) is 6.13. The number of methoxy groups -OCH3 is 1. The zero-order valence-electron chi connectivity index (χ0n) is 11.1. The summed E-state index contributed by atoms with van der Waals surface area (Å²) in [6, 6.07) is 12.2. The fourth-order valence-electron chi connectivity index (χ4n) is 2.06. The molecule has 1 atom stereocenters. The lowest BCUT2D eigenvalue weighted by atomic mass is 9.99. The summed E-state index contributed by atoms with van der Waals surface area (Å²) in [6.45, 7) is 0. The number of ether oxygens (including phenoxy) is 1. The van der Waals surface area contributed by atoms with Crippen LogP contribution in [0.3, 0.4) is 0 Å². The van der Waals surface area contributed by atoms with Crippen molar-refractivity contribution in [3.05, 3.63) is 63.9 Å². The van der Waals surface area contributed by atoms with Crippen molar-refractivity contribution in [2.75, 3.05) is 7.11 Å². The highest BCUT2D eigenvalue weighted by Crippen LogP contribution is 2.29. The summed E-state index contributed by atoms with van der Waals surface area (Å²) >= 11 is 3.44. The molecule has 2 rings (SSSR count). The summed E-state index contributed by atoms with van der Waals surface area (Å²) in [6.07, 6.45) is 0.474. The molecule has 0 aliphatic rings. The summed E-state index contributed by atoms with van der Waals surface area (Å²) in [5.41, 5.74) is 4.32. The average Bonchev–Trinajstić information content (AvgIpc) is 2.46. The van der Waals surface area contributed by atoms with Gasteiger partial charge in [-0.2, -0.15) is 0 Å². The van der Waals surface area contributed by atoms with Crippen LogP contribution >= 0.6 is 15.9 Å². The molecule has 0 heterocycles. The molecular weight excluding hydrogens is 323 g/mol. The Morgan fingerprint density at radius 2 is 2.05 bits per heavy atom. The van der Waals surface area contributed by atoms with Gasteiger partial charge in [-0.05, 0) is 51.7 Å². The van der Waals surface area contributed by atoms with Crippen molar-refractivity contribution in [1.29, 1.82) is 0 Å². The van der Waals surface area contributed by atoms with Gasteiger partial charge in [-0.15, -0.1) is 0 Å². The van der Waals surface area contributed by atoms with Gasteiger partial charge in [0.2, 0.25) is 0 Å². The molecule has 1 unspecified atom stereocenters. The van der Waals surface area contributed by atoms with Crippen molar-refractivity contribution < 1.29 is 9.13 Å². The van der Waals surface area contributed by atoms with Crippen molar-refractivity contribution >= 4 is 15.9 Å². The minimum atomic E-state index is -0.222. The van der Waals surface area contributed by atoms with Crippen molar-refractivity contribution in [2.45, 2.75) is 12.5 Å². The van der Waals surface area contributed by atoms with Gasteiger partial charge in [0.05, 0.1) is 17.6 Å². The SMILES string of the molecule is COc1ccc(C(Cc2ccccc2F)NN)cc1Br. The number of rotatable bonds is 5. The predicted molar refractivity (Wildman–Crippen MR) is 80.9 cm³/mol. The van der Waals surface area contributed by atoms with Gasteiger partial charge in [-0.1, -0.05) is 24.3 Å². The second-order valence-corrected chi connectivity index (χ2v) is 5.26. The number of halogens is 2. The topological polar surface area (TPSA) is 47.3 Å². The van der Waals surface area contributed by atoms with Crippen LogP contribution in [0.25, 0.3) is 0 Å². The molecule has 2 aromatic rings. The first kappa shape index (κ1) is 15.0. The Kier molecular flexibility index (Phi) is 5.11. The molecule has 3 nitrogen and oxygen atoms in total. The maximum absolute atomic E-state index is 13.7. The number of hydrogen-bond acceptors (Lipinski definition) is 3. The summed E-state index contributed by atoms with van der Waals surface area (Å²) in [4.78, 5) is 0. The fourth-order valence-corrected chi connectivity index (χ4v) is 2.61. The second kappa shape index (κ2) is 6.83. The zero-order chi connectivity index (χ0) is 14.5. The van der Waals surface area contributed by atoms with Crippen LogP contribution in [0.15, 0.2) is 46.9 Å². The van der Waals surface area contributed by atoms with E-state index in [4.69, 9.17) is 10.6 Å². The van der Waals surface area contributed by atoms with E-state index in [1.807, 2.05) is 24.3 Å². The third-order valence-corrected chi connectivity index (χ3v) is 3.78. The van der Waals surface area contributed by atoms with Crippen LogP contribution in [-0.4, -0.2) is 7.11 Å². The molecule has 0 bridgehead atoms. The Labute approximate surface area is 126 Å². The smallest absolute Gasteiger partial charge is 0.133 e. The van der Waals surface area contributed by atoms with Gasteiger partial charge in [-0.3, -0.25) is 11.3 Å². The lowest BCUT2D eigenvalue weighted by Gasteiger charge is -2.18. The van der Waals surface area contributed by atoms with Crippen LogP contribution in [0.5, 0.6) is 5.75 Å². The molecule has 3 N–H and O–H groups in total. The van der Waals surface area contributed by atoms with Crippen molar-refractivity contribution in [1.82, 2.24) is 5.43 Å². The van der Waals surface area contributed by atoms with E-state index >= 15 is 0 Å². The molecule has 0 fully saturated rings. The van der Waals surface area contributed by atoms with Crippen molar-refractivity contribution in [2.24, 2.45) is 5.84 Å². The number of hydrazine groups is 1. The molecular formula is C15H16BrFN2O. The van der Waals surface area contributed by atoms with E-state index in [-0.39, 0.29) is 11.9 Å². The van der Waals surface area contributed by atoms with Crippen molar-refractivity contribution in [3.63, 3.8) is 0 Å². The molecule has 0 radical (unpaired) electrons. The number of nitrogens with two attached hydrogens (primary N) is 1. The van der Waals surface area contributed by atoms with Crippen molar-refractivity contribution in [3.8, 4) is 5.75 Å². The highest BCUT2D eigenvalue weighted by molar-refractivity contribution is 9.10. The number of hydrogen-bond donors (Lipinski definition) is 2. The summed E-state index contributed by atoms with van der Waals surface area (Å²) < 4.78 is 19.7. The minimum Gasteiger partial charge on any atom is -0.496 e. The average molecular weight is 339 g/mol. The first-order chi connectivity index (χ1) is 9.65. The van der Waals surface area contributed by atoms with Gasteiger partial charge in [0.25, 0.3) is 0 Å². The molecule has 20 heavy (non-hydrogen) atoms. The normalized spacial score (nSPS) is 12.2. The molecule has 106 valence electrons. The Hall–Kier alpha value is -1.43. The standard InChI is InChI=1S/C15H16BrFN2O/c1-20-15-7-6-11(8-12(15)16)14(19-18)9-10-4-2-3-5-13(10)17/h2-8,14,19H,9,18H2,1H3. The third kappa shape index (κ3) is 3.36. The second-order valence-electron chi connectivity index (χ2n) is 4.41. The van der Waals surface area contributed by atoms with Gasteiger partial charge in [0, 0.05) is 0 Å². The van der Waals surface area contributed by atoms with Crippen LogP contribution in [-0.2, 0) is 6.42 Å².